The molecule has 0 aliphatic carbocycles. The van der Waals surface area contributed by atoms with Crippen molar-refractivity contribution in [2.24, 2.45) is 0 Å². The number of alkyl carbamates (subject to hydrolysis) is 1. The third kappa shape index (κ3) is 8.16. The van der Waals surface area contributed by atoms with Crippen molar-refractivity contribution in [2.45, 2.75) is 52.6 Å². The van der Waals surface area contributed by atoms with Gasteiger partial charge < -0.3 is 19.5 Å². The fraction of sp³-hybridized carbons (Fsp3) is 0.583. The largest absolute Gasteiger partial charge is 0.444 e. The first-order valence-corrected chi connectivity index (χ1v) is 11.6. The van der Waals surface area contributed by atoms with E-state index < -0.39 is 11.7 Å². The van der Waals surface area contributed by atoms with Crippen LogP contribution in [0.5, 0.6) is 0 Å². The summed E-state index contributed by atoms with van der Waals surface area (Å²) >= 11 is 0. The molecular weight excluding hydrogens is 422 g/mol. The number of aryl methyl sites for hydroxylation is 2. The molecule has 180 valence electrons. The van der Waals surface area contributed by atoms with Gasteiger partial charge in [-0.2, -0.15) is 4.98 Å². The highest BCUT2D eigenvalue weighted by atomic mass is 16.6. The second-order valence-corrected chi connectivity index (χ2v) is 9.38. The maximum atomic E-state index is 12.4. The van der Waals surface area contributed by atoms with Crippen LogP contribution in [0, 0.1) is 6.92 Å². The first kappa shape index (κ1) is 24.7. The highest BCUT2D eigenvalue weighted by molar-refractivity contribution is 5.77. The second kappa shape index (κ2) is 11.3. The molecule has 0 spiro atoms. The first-order chi connectivity index (χ1) is 15.7. The molecule has 1 aromatic heterocycles. The molecular formula is C24H35N5O4. The van der Waals surface area contributed by atoms with E-state index in [4.69, 9.17) is 9.26 Å². The van der Waals surface area contributed by atoms with Crippen LogP contribution in [0.2, 0.25) is 0 Å². The molecule has 2 heterocycles. The number of aromatic nitrogens is 2. The summed E-state index contributed by atoms with van der Waals surface area (Å²) in [5.74, 6) is 1.33. The Morgan fingerprint density at radius 1 is 1.12 bits per heavy atom. The minimum Gasteiger partial charge on any atom is -0.444 e. The molecule has 0 radical (unpaired) electrons. The summed E-state index contributed by atoms with van der Waals surface area (Å²) in [7, 11) is 0. The molecule has 0 unspecified atom stereocenters. The lowest BCUT2D eigenvalue weighted by molar-refractivity contribution is -0.132. The maximum Gasteiger partial charge on any atom is 0.407 e. The summed E-state index contributed by atoms with van der Waals surface area (Å²) in [5, 5.41) is 6.72. The molecule has 1 aliphatic rings. The Labute approximate surface area is 195 Å². The zero-order valence-corrected chi connectivity index (χ0v) is 20.1. The number of rotatable bonds is 8. The highest BCUT2D eigenvalue weighted by Gasteiger charge is 2.21. The van der Waals surface area contributed by atoms with Crippen molar-refractivity contribution in [2.75, 3.05) is 39.3 Å². The molecule has 3 rings (SSSR count). The molecule has 2 aromatic rings. The summed E-state index contributed by atoms with van der Waals surface area (Å²) in [5.41, 5.74) is 1.61. The normalized spacial score (nSPS) is 14.8. The van der Waals surface area contributed by atoms with Gasteiger partial charge in [0, 0.05) is 51.1 Å². The van der Waals surface area contributed by atoms with E-state index in [-0.39, 0.29) is 18.9 Å². The van der Waals surface area contributed by atoms with E-state index in [0.717, 1.165) is 38.0 Å². The van der Waals surface area contributed by atoms with Crippen LogP contribution >= 0.6 is 0 Å². The number of benzene rings is 1. The Balaban J connectivity index is 1.31. The number of ether oxygens (including phenoxy) is 1. The second-order valence-electron chi connectivity index (χ2n) is 9.38. The fourth-order valence-electron chi connectivity index (χ4n) is 3.59. The summed E-state index contributed by atoms with van der Waals surface area (Å²) in [6.45, 7) is 11.7. The summed E-state index contributed by atoms with van der Waals surface area (Å²) in [6, 6.07) is 8.07. The predicted octanol–water partition coefficient (Wildman–Crippen LogP) is 3.04. The van der Waals surface area contributed by atoms with Gasteiger partial charge in [0.2, 0.25) is 17.6 Å². The van der Waals surface area contributed by atoms with Gasteiger partial charge in [0.15, 0.2) is 0 Å². The zero-order chi connectivity index (χ0) is 23.8. The summed E-state index contributed by atoms with van der Waals surface area (Å²) in [4.78, 5) is 32.8. The molecule has 1 aromatic carbocycles. The molecule has 33 heavy (non-hydrogen) atoms. The van der Waals surface area contributed by atoms with E-state index in [2.05, 4.69) is 20.4 Å². The van der Waals surface area contributed by atoms with E-state index in [1.165, 1.54) is 5.56 Å². The fourth-order valence-corrected chi connectivity index (χ4v) is 3.59. The van der Waals surface area contributed by atoms with Crippen LogP contribution < -0.4 is 5.32 Å². The van der Waals surface area contributed by atoms with Crippen LogP contribution in [-0.4, -0.2) is 76.8 Å². The number of nitrogens with one attached hydrogen (secondary N) is 1. The molecule has 0 bridgehead atoms. The summed E-state index contributed by atoms with van der Waals surface area (Å²) < 4.78 is 10.6. The number of carbonyl (C=O) groups is 2. The highest BCUT2D eigenvalue weighted by Crippen LogP contribution is 2.17. The van der Waals surface area contributed by atoms with Gasteiger partial charge in [0.05, 0.1) is 0 Å². The molecule has 0 atom stereocenters. The standard InChI is InChI=1S/C24H35N5O4/c1-18-7-9-19(10-8-18)22-26-20(33-27-22)6-5-13-28-14-16-29(17-15-28)21(30)11-12-25-23(31)32-24(2,3)4/h7-10H,5-6,11-17H2,1-4H3,(H,25,31). The smallest absolute Gasteiger partial charge is 0.407 e. The van der Waals surface area contributed by atoms with Gasteiger partial charge in [-0.3, -0.25) is 9.69 Å². The van der Waals surface area contributed by atoms with Crippen molar-refractivity contribution >= 4 is 12.0 Å². The Morgan fingerprint density at radius 3 is 2.48 bits per heavy atom. The molecule has 9 nitrogen and oxygen atoms in total. The SMILES string of the molecule is Cc1ccc(-c2noc(CCCN3CCN(C(=O)CCNC(=O)OC(C)(C)C)CC3)n2)cc1. The lowest BCUT2D eigenvalue weighted by Gasteiger charge is -2.34. The van der Waals surface area contributed by atoms with E-state index in [1.54, 1.807) is 0 Å². The molecule has 1 aliphatic heterocycles. The molecule has 1 fully saturated rings. The average Bonchev–Trinajstić information content (AvgIpc) is 3.22. The van der Waals surface area contributed by atoms with Crippen molar-refractivity contribution in [1.82, 2.24) is 25.3 Å². The molecule has 1 saturated heterocycles. The first-order valence-electron chi connectivity index (χ1n) is 11.6. The Bertz CT molecular complexity index is 912. The molecule has 0 saturated carbocycles. The van der Waals surface area contributed by atoms with Crippen molar-refractivity contribution < 1.29 is 18.8 Å². The van der Waals surface area contributed by atoms with Crippen molar-refractivity contribution in [3.63, 3.8) is 0 Å². The van der Waals surface area contributed by atoms with Gasteiger partial charge in [0.1, 0.15) is 5.60 Å². The number of piperazine rings is 1. The van der Waals surface area contributed by atoms with Crippen LogP contribution in [0.4, 0.5) is 4.79 Å². The molecule has 1 N–H and O–H groups in total. The summed E-state index contributed by atoms with van der Waals surface area (Å²) in [6.07, 6.45) is 1.43. The van der Waals surface area contributed by atoms with Gasteiger partial charge in [-0.1, -0.05) is 35.0 Å². The maximum absolute atomic E-state index is 12.4. The predicted molar refractivity (Wildman–Crippen MR) is 125 cm³/mol. The van der Waals surface area contributed by atoms with E-state index in [9.17, 15) is 9.59 Å². The van der Waals surface area contributed by atoms with Gasteiger partial charge >= 0.3 is 6.09 Å². The van der Waals surface area contributed by atoms with Crippen molar-refractivity contribution in [3.8, 4) is 11.4 Å². The van der Waals surface area contributed by atoms with Gasteiger partial charge in [0.25, 0.3) is 0 Å². The van der Waals surface area contributed by atoms with Crippen LogP contribution in [-0.2, 0) is 16.0 Å². The lowest BCUT2D eigenvalue weighted by atomic mass is 10.1. The number of hydrogen-bond donors (Lipinski definition) is 1. The number of nitrogens with zero attached hydrogens (tertiary/aromatic N) is 4. The Morgan fingerprint density at radius 2 is 1.82 bits per heavy atom. The zero-order valence-electron chi connectivity index (χ0n) is 20.1. The quantitative estimate of drug-likeness (QED) is 0.650. The Kier molecular flexibility index (Phi) is 8.43. The monoisotopic (exact) mass is 457 g/mol. The van der Waals surface area contributed by atoms with Gasteiger partial charge in [-0.25, -0.2) is 4.79 Å². The van der Waals surface area contributed by atoms with E-state index in [1.807, 2.05) is 56.9 Å². The van der Waals surface area contributed by atoms with Gasteiger partial charge in [-0.05, 0) is 40.7 Å². The molecule has 2 amide bonds. The van der Waals surface area contributed by atoms with Crippen LogP contribution in [0.25, 0.3) is 11.4 Å². The molecule has 9 heteroatoms. The van der Waals surface area contributed by atoms with Crippen molar-refractivity contribution in [1.29, 1.82) is 0 Å². The lowest BCUT2D eigenvalue weighted by Crippen LogP contribution is -2.49. The Hall–Kier alpha value is -2.94. The van der Waals surface area contributed by atoms with Crippen LogP contribution in [0.1, 0.15) is 45.1 Å². The van der Waals surface area contributed by atoms with Crippen LogP contribution in [0.3, 0.4) is 0 Å². The minimum absolute atomic E-state index is 0.0557. The number of amides is 2. The average molecular weight is 458 g/mol. The third-order valence-electron chi connectivity index (χ3n) is 5.37. The van der Waals surface area contributed by atoms with E-state index in [0.29, 0.717) is 24.8 Å². The van der Waals surface area contributed by atoms with E-state index >= 15 is 0 Å². The minimum atomic E-state index is -0.544. The topological polar surface area (TPSA) is 101 Å². The van der Waals surface area contributed by atoms with Crippen molar-refractivity contribution in [3.05, 3.63) is 35.7 Å². The number of hydrogen-bond acceptors (Lipinski definition) is 7. The van der Waals surface area contributed by atoms with Gasteiger partial charge in [-0.15, -0.1) is 0 Å². The third-order valence-corrected chi connectivity index (χ3v) is 5.37. The number of carbonyl (C=O) groups excluding carboxylic acids is 2. The van der Waals surface area contributed by atoms with Crippen LogP contribution in [0.15, 0.2) is 28.8 Å².